The molecule has 0 fully saturated rings. The molecule has 7 heteroatoms. The molecule has 0 atom stereocenters. The molecule has 0 radical (unpaired) electrons. The Morgan fingerprint density at radius 1 is 1.05 bits per heavy atom. The number of hydrogen-bond acceptors (Lipinski definition) is 6. The first kappa shape index (κ1) is 13.7. The van der Waals surface area contributed by atoms with E-state index in [9.17, 15) is 14.4 Å². The van der Waals surface area contributed by atoms with Crippen molar-refractivity contribution >= 4 is 17.8 Å². The van der Waals surface area contributed by atoms with Gasteiger partial charge in [-0.2, -0.15) is 0 Å². The summed E-state index contributed by atoms with van der Waals surface area (Å²) < 4.78 is 4.99. The Bertz CT molecular complexity index is 752. The molecule has 110 valence electrons. The number of aromatic nitrogens is 1. The second-order valence-corrected chi connectivity index (χ2v) is 4.38. The number of methoxy groups -OCH3 is 1. The summed E-state index contributed by atoms with van der Waals surface area (Å²) in [5.41, 5.74) is 0.253. The van der Waals surface area contributed by atoms with Gasteiger partial charge in [0, 0.05) is 6.20 Å². The summed E-state index contributed by atoms with van der Waals surface area (Å²) in [5, 5.41) is 0.432. The molecule has 7 nitrogen and oxygen atoms in total. The van der Waals surface area contributed by atoms with E-state index < -0.39 is 17.8 Å². The number of carbonyl (C=O) groups is 3. The Balaban J connectivity index is 1.87. The normalized spacial score (nSPS) is 13.0. The molecule has 2 amide bonds. The Morgan fingerprint density at radius 3 is 2.27 bits per heavy atom. The van der Waals surface area contributed by atoms with E-state index in [2.05, 4.69) is 4.98 Å². The number of imide groups is 1. The Morgan fingerprint density at radius 2 is 1.68 bits per heavy atom. The SMILES string of the molecule is COc1cccnc1C(=O)ON1C(=O)c2ccccc2C1=O. The van der Waals surface area contributed by atoms with E-state index in [1.807, 2.05) is 0 Å². The third-order valence-electron chi connectivity index (χ3n) is 3.11. The second kappa shape index (κ2) is 5.28. The number of hydroxylamine groups is 2. The predicted octanol–water partition coefficient (Wildman–Crippen LogP) is 1.46. The Labute approximate surface area is 125 Å². The number of ether oxygens (including phenoxy) is 1. The zero-order valence-corrected chi connectivity index (χ0v) is 11.5. The monoisotopic (exact) mass is 298 g/mol. The van der Waals surface area contributed by atoms with Crippen LogP contribution in [0.1, 0.15) is 31.2 Å². The number of carbonyl (C=O) groups excluding carboxylic acids is 3. The summed E-state index contributed by atoms with van der Waals surface area (Å²) in [7, 11) is 1.37. The van der Waals surface area contributed by atoms with Crippen molar-refractivity contribution < 1.29 is 24.0 Å². The maximum absolute atomic E-state index is 12.1. The van der Waals surface area contributed by atoms with E-state index >= 15 is 0 Å². The van der Waals surface area contributed by atoms with Gasteiger partial charge >= 0.3 is 5.97 Å². The van der Waals surface area contributed by atoms with Crippen LogP contribution >= 0.6 is 0 Å². The zero-order valence-electron chi connectivity index (χ0n) is 11.5. The number of benzene rings is 1. The van der Waals surface area contributed by atoms with Crippen molar-refractivity contribution in [3.63, 3.8) is 0 Å². The predicted molar refractivity (Wildman–Crippen MR) is 73.1 cm³/mol. The summed E-state index contributed by atoms with van der Waals surface area (Å²) in [6.45, 7) is 0. The molecule has 0 aliphatic carbocycles. The smallest absolute Gasteiger partial charge is 0.385 e. The average molecular weight is 298 g/mol. The highest BCUT2D eigenvalue weighted by atomic mass is 16.7. The first-order chi connectivity index (χ1) is 10.6. The van der Waals surface area contributed by atoms with Gasteiger partial charge in [0.2, 0.25) is 0 Å². The summed E-state index contributed by atoms with van der Waals surface area (Å²) in [6, 6.07) is 9.33. The summed E-state index contributed by atoms with van der Waals surface area (Å²) >= 11 is 0. The van der Waals surface area contributed by atoms with Gasteiger partial charge in [0.15, 0.2) is 11.4 Å². The van der Waals surface area contributed by atoms with Crippen LogP contribution in [0.5, 0.6) is 5.75 Å². The van der Waals surface area contributed by atoms with E-state index in [-0.39, 0.29) is 22.6 Å². The molecule has 2 heterocycles. The summed E-state index contributed by atoms with van der Waals surface area (Å²) in [4.78, 5) is 45.1. The topological polar surface area (TPSA) is 85.8 Å². The van der Waals surface area contributed by atoms with Gasteiger partial charge in [-0.05, 0) is 24.3 Å². The lowest BCUT2D eigenvalue weighted by atomic mass is 10.1. The Kier molecular flexibility index (Phi) is 3.30. The van der Waals surface area contributed by atoms with Crippen molar-refractivity contribution in [2.75, 3.05) is 7.11 Å². The minimum atomic E-state index is -0.952. The van der Waals surface area contributed by atoms with Gasteiger partial charge < -0.3 is 9.57 Å². The first-order valence-electron chi connectivity index (χ1n) is 6.32. The number of rotatable bonds is 3. The van der Waals surface area contributed by atoms with Crippen LogP contribution < -0.4 is 4.74 Å². The minimum absolute atomic E-state index is 0.124. The molecule has 0 N–H and O–H groups in total. The summed E-state index contributed by atoms with van der Waals surface area (Å²) in [6.07, 6.45) is 1.38. The molecular formula is C15H10N2O5. The molecule has 0 saturated carbocycles. The molecule has 0 spiro atoms. The van der Waals surface area contributed by atoms with Crippen LogP contribution in [0, 0.1) is 0 Å². The van der Waals surface area contributed by atoms with Crippen molar-refractivity contribution in [1.82, 2.24) is 10.0 Å². The van der Waals surface area contributed by atoms with E-state index in [1.165, 1.54) is 31.5 Å². The van der Waals surface area contributed by atoms with Gasteiger partial charge in [-0.3, -0.25) is 9.59 Å². The molecule has 1 aromatic heterocycles. The lowest BCUT2D eigenvalue weighted by Crippen LogP contribution is -2.33. The highest BCUT2D eigenvalue weighted by Crippen LogP contribution is 2.24. The first-order valence-corrected chi connectivity index (χ1v) is 6.32. The maximum Gasteiger partial charge on any atom is 0.385 e. The van der Waals surface area contributed by atoms with Gasteiger partial charge in [0.05, 0.1) is 18.2 Å². The molecule has 1 aromatic carbocycles. The van der Waals surface area contributed by atoms with Crippen molar-refractivity contribution in [3.8, 4) is 5.75 Å². The lowest BCUT2D eigenvalue weighted by Gasteiger charge is -2.13. The van der Waals surface area contributed by atoms with Crippen molar-refractivity contribution in [2.45, 2.75) is 0 Å². The summed E-state index contributed by atoms with van der Waals surface area (Å²) in [5.74, 6) is -2.15. The third-order valence-corrected chi connectivity index (χ3v) is 3.11. The van der Waals surface area contributed by atoms with E-state index in [1.54, 1.807) is 18.2 Å². The van der Waals surface area contributed by atoms with Gasteiger partial charge in [0.25, 0.3) is 11.8 Å². The largest absolute Gasteiger partial charge is 0.494 e. The second-order valence-electron chi connectivity index (χ2n) is 4.38. The molecule has 0 bridgehead atoms. The molecule has 0 saturated heterocycles. The number of pyridine rings is 1. The van der Waals surface area contributed by atoms with Crippen LogP contribution in [-0.4, -0.2) is 34.9 Å². The van der Waals surface area contributed by atoms with Crippen LogP contribution in [0.2, 0.25) is 0 Å². The van der Waals surface area contributed by atoms with Crippen molar-refractivity contribution in [1.29, 1.82) is 0 Å². The number of fused-ring (bicyclic) bond motifs is 1. The molecule has 1 aliphatic rings. The minimum Gasteiger partial charge on any atom is -0.494 e. The highest BCUT2D eigenvalue weighted by molar-refractivity contribution is 6.21. The van der Waals surface area contributed by atoms with E-state index in [0.29, 0.717) is 5.06 Å². The van der Waals surface area contributed by atoms with Gasteiger partial charge in [0.1, 0.15) is 0 Å². The van der Waals surface area contributed by atoms with Crippen LogP contribution in [0.15, 0.2) is 42.6 Å². The van der Waals surface area contributed by atoms with Crippen LogP contribution in [0.3, 0.4) is 0 Å². The molecule has 22 heavy (non-hydrogen) atoms. The molecular weight excluding hydrogens is 288 g/mol. The zero-order chi connectivity index (χ0) is 15.7. The maximum atomic E-state index is 12.1. The van der Waals surface area contributed by atoms with Crippen LogP contribution in [-0.2, 0) is 4.84 Å². The molecule has 3 rings (SSSR count). The molecule has 1 aliphatic heterocycles. The molecule has 0 unspecified atom stereocenters. The van der Waals surface area contributed by atoms with Crippen LogP contribution in [0.4, 0.5) is 0 Å². The van der Waals surface area contributed by atoms with Gasteiger partial charge in [-0.25, -0.2) is 9.78 Å². The van der Waals surface area contributed by atoms with Crippen molar-refractivity contribution in [3.05, 3.63) is 59.4 Å². The fraction of sp³-hybridized carbons (Fsp3) is 0.0667. The third kappa shape index (κ3) is 2.08. The fourth-order valence-corrected chi connectivity index (χ4v) is 2.08. The number of amides is 2. The van der Waals surface area contributed by atoms with E-state index in [4.69, 9.17) is 9.57 Å². The number of nitrogens with zero attached hydrogens (tertiary/aromatic N) is 2. The molecule has 2 aromatic rings. The van der Waals surface area contributed by atoms with E-state index in [0.717, 1.165) is 0 Å². The van der Waals surface area contributed by atoms with Gasteiger partial charge in [-0.15, -0.1) is 0 Å². The van der Waals surface area contributed by atoms with Crippen LogP contribution in [0.25, 0.3) is 0 Å². The van der Waals surface area contributed by atoms with Gasteiger partial charge in [-0.1, -0.05) is 17.2 Å². The van der Waals surface area contributed by atoms with Crippen molar-refractivity contribution in [2.24, 2.45) is 0 Å². The Hall–Kier alpha value is -3.22. The fourth-order valence-electron chi connectivity index (χ4n) is 2.08. The lowest BCUT2D eigenvalue weighted by molar-refractivity contribution is -0.0590. The highest BCUT2D eigenvalue weighted by Gasteiger charge is 2.39. The number of hydrogen-bond donors (Lipinski definition) is 0. The standard InChI is InChI=1S/C15H10N2O5/c1-21-11-7-4-8-16-12(11)15(20)22-17-13(18)9-5-2-3-6-10(9)14(17)19/h2-8H,1H3. The quantitative estimate of drug-likeness (QED) is 0.797. The average Bonchev–Trinajstić information content (AvgIpc) is 2.80.